The van der Waals surface area contributed by atoms with Crippen molar-refractivity contribution in [2.75, 3.05) is 10.8 Å². The van der Waals surface area contributed by atoms with E-state index >= 15 is 0 Å². The second kappa shape index (κ2) is 10.4. The molecule has 0 fully saturated rings. The molecular weight excluding hydrogens is 464 g/mol. The first-order valence-corrected chi connectivity index (χ1v) is 12.3. The minimum absolute atomic E-state index is 0.0263. The summed E-state index contributed by atoms with van der Waals surface area (Å²) in [7, 11) is -3.95. The van der Waals surface area contributed by atoms with Crippen molar-refractivity contribution in [3.8, 4) is 11.5 Å². The number of oxazole rings is 1. The zero-order chi connectivity index (χ0) is 24.8. The Morgan fingerprint density at radius 1 is 1.03 bits per heavy atom. The predicted molar refractivity (Wildman–Crippen MR) is 133 cm³/mol. The number of sulfonamides is 1. The molecule has 0 aliphatic heterocycles. The van der Waals surface area contributed by atoms with E-state index < -0.39 is 16.0 Å². The third-order valence-electron chi connectivity index (χ3n) is 5.25. The fourth-order valence-electron chi connectivity index (χ4n) is 3.45. The largest absolute Gasteiger partial charge is 0.455 e. The van der Waals surface area contributed by atoms with Crippen LogP contribution >= 0.6 is 0 Å². The van der Waals surface area contributed by atoms with Gasteiger partial charge >= 0.3 is 5.97 Å². The molecule has 0 saturated heterocycles. The zero-order valence-electron chi connectivity index (χ0n) is 19.1. The molecule has 0 unspecified atom stereocenters. The first-order valence-electron chi connectivity index (χ1n) is 10.9. The van der Waals surface area contributed by atoms with Gasteiger partial charge in [0.2, 0.25) is 5.89 Å². The zero-order valence-corrected chi connectivity index (χ0v) is 19.9. The number of hydrogen-bond donors (Lipinski definition) is 0. The average Bonchev–Trinajstić information content (AvgIpc) is 3.27. The fourth-order valence-corrected chi connectivity index (χ4v) is 4.93. The van der Waals surface area contributed by atoms with Crippen molar-refractivity contribution < 1.29 is 22.4 Å². The van der Waals surface area contributed by atoms with E-state index in [1.807, 2.05) is 30.3 Å². The maximum absolute atomic E-state index is 13.4. The van der Waals surface area contributed by atoms with Gasteiger partial charge in [0.25, 0.3) is 10.0 Å². The van der Waals surface area contributed by atoms with E-state index in [-0.39, 0.29) is 23.6 Å². The molecule has 0 aliphatic rings. The minimum atomic E-state index is -3.95. The van der Waals surface area contributed by atoms with Gasteiger partial charge in [0.1, 0.15) is 18.1 Å². The molecule has 3 aromatic carbocycles. The van der Waals surface area contributed by atoms with E-state index in [1.54, 1.807) is 37.3 Å². The van der Waals surface area contributed by atoms with Gasteiger partial charge in [-0.1, -0.05) is 48.5 Å². The molecule has 0 atom stereocenters. The predicted octanol–water partition coefficient (Wildman–Crippen LogP) is 5.39. The highest BCUT2D eigenvalue weighted by atomic mass is 32.2. The number of aryl methyl sites for hydroxylation is 1. The lowest BCUT2D eigenvalue weighted by Gasteiger charge is -2.23. The molecule has 1 heterocycles. The molecule has 8 heteroatoms. The van der Waals surface area contributed by atoms with Gasteiger partial charge in [0.05, 0.1) is 22.7 Å². The van der Waals surface area contributed by atoms with Crippen molar-refractivity contribution in [3.05, 3.63) is 115 Å². The van der Waals surface area contributed by atoms with Gasteiger partial charge in [-0.3, -0.25) is 4.31 Å². The summed E-state index contributed by atoms with van der Waals surface area (Å²) in [5, 5.41) is 0. The van der Waals surface area contributed by atoms with Crippen LogP contribution in [-0.4, -0.2) is 25.9 Å². The molecule has 0 N–H and O–H groups in total. The molecular formula is C27H24N2O5S. The molecule has 0 amide bonds. The Balaban J connectivity index is 1.52. The van der Waals surface area contributed by atoms with Crippen molar-refractivity contribution in [3.63, 3.8) is 0 Å². The van der Waals surface area contributed by atoms with Crippen LogP contribution in [0.15, 0.2) is 107 Å². The number of hydrogen-bond acceptors (Lipinski definition) is 6. The lowest BCUT2D eigenvalue weighted by Crippen LogP contribution is -2.31. The molecule has 0 bridgehead atoms. The van der Waals surface area contributed by atoms with Gasteiger partial charge in [0, 0.05) is 5.56 Å². The van der Waals surface area contributed by atoms with Crippen molar-refractivity contribution in [1.29, 1.82) is 0 Å². The Morgan fingerprint density at radius 3 is 2.40 bits per heavy atom. The highest BCUT2D eigenvalue weighted by Gasteiger charge is 2.25. The smallest absolute Gasteiger partial charge is 0.338 e. The average molecular weight is 489 g/mol. The van der Waals surface area contributed by atoms with Gasteiger partial charge in [-0.15, -0.1) is 6.58 Å². The Labute approximate surface area is 204 Å². The molecule has 0 spiro atoms. The maximum atomic E-state index is 13.4. The summed E-state index contributed by atoms with van der Waals surface area (Å²) in [6.07, 6.45) is 1.51. The first-order chi connectivity index (χ1) is 16.9. The van der Waals surface area contributed by atoms with E-state index in [4.69, 9.17) is 9.15 Å². The van der Waals surface area contributed by atoms with Crippen molar-refractivity contribution in [2.24, 2.45) is 0 Å². The van der Waals surface area contributed by atoms with Crippen molar-refractivity contribution >= 4 is 21.7 Å². The molecule has 4 rings (SSSR count). The fraction of sp³-hybridized carbons (Fsp3) is 0.111. The van der Waals surface area contributed by atoms with Gasteiger partial charge in [0.15, 0.2) is 0 Å². The van der Waals surface area contributed by atoms with Gasteiger partial charge in [-0.2, -0.15) is 0 Å². The van der Waals surface area contributed by atoms with Crippen LogP contribution < -0.4 is 4.31 Å². The quantitative estimate of drug-likeness (QED) is 0.232. The van der Waals surface area contributed by atoms with Crippen LogP contribution in [-0.2, 0) is 21.4 Å². The van der Waals surface area contributed by atoms with Crippen molar-refractivity contribution in [2.45, 2.75) is 18.4 Å². The summed E-state index contributed by atoms with van der Waals surface area (Å²) in [5.41, 5.74) is 1.91. The number of esters is 1. The number of aromatic nitrogens is 1. The van der Waals surface area contributed by atoms with E-state index in [0.717, 1.165) is 5.56 Å². The van der Waals surface area contributed by atoms with E-state index in [2.05, 4.69) is 11.6 Å². The van der Waals surface area contributed by atoms with Crippen LogP contribution in [0.5, 0.6) is 0 Å². The number of carbonyl (C=O) groups excluding carboxylic acids is 1. The number of carbonyl (C=O) groups is 1. The van der Waals surface area contributed by atoms with Crippen LogP contribution in [0.2, 0.25) is 0 Å². The number of benzene rings is 3. The molecule has 7 nitrogen and oxygen atoms in total. The Bertz CT molecular complexity index is 1430. The number of rotatable bonds is 9. The molecule has 4 aromatic rings. The van der Waals surface area contributed by atoms with Gasteiger partial charge in [-0.05, 0) is 49.4 Å². The standard InChI is InChI=1S/C27H24N2O5S/c1-3-17-29(23-14-8-5-9-15-23)35(31,32)24-16-10-13-22(18-24)27(30)33-19-25-20(2)34-26(28-25)21-11-6-4-7-12-21/h3-16,18H,1,17,19H2,2H3. The second-order valence-corrected chi connectivity index (χ2v) is 9.51. The molecule has 0 radical (unpaired) electrons. The van der Waals surface area contributed by atoms with Crippen LogP contribution in [0, 0.1) is 6.92 Å². The molecule has 178 valence electrons. The number of nitrogens with zero attached hydrogens (tertiary/aromatic N) is 2. The second-order valence-electron chi connectivity index (χ2n) is 7.65. The molecule has 1 aromatic heterocycles. The lowest BCUT2D eigenvalue weighted by atomic mass is 10.2. The molecule has 0 aliphatic carbocycles. The third kappa shape index (κ3) is 5.33. The summed E-state index contributed by atoms with van der Waals surface area (Å²) in [5.74, 6) is 0.307. The Morgan fingerprint density at radius 2 is 1.71 bits per heavy atom. The Kier molecular flexibility index (Phi) is 7.12. The molecule has 35 heavy (non-hydrogen) atoms. The number of ether oxygens (including phenoxy) is 1. The Hall–Kier alpha value is -4.17. The topological polar surface area (TPSA) is 89.7 Å². The van der Waals surface area contributed by atoms with Crippen molar-refractivity contribution in [1.82, 2.24) is 4.98 Å². The summed E-state index contributed by atoms with van der Waals surface area (Å²) in [6.45, 7) is 5.38. The van der Waals surface area contributed by atoms with E-state index in [1.165, 1.54) is 34.6 Å². The van der Waals surface area contributed by atoms with Crippen LogP contribution in [0.1, 0.15) is 21.8 Å². The summed E-state index contributed by atoms with van der Waals surface area (Å²) in [6, 6.07) is 23.9. The SMILES string of the molecule is C=CCN(c1ccccc1)S(=O)(=O)c1cccc(C(=O)OCc2nc(-c3ccccc3)oc2C)c1. The summed E-state index contributed by atoms with van der Waals surface area (Å²) in [4.78, 5) is 17.1. The third-order valence-corrected chi connectivity index (χ3v) is 7.04. The minimum Gasteiger partial charge on any atom is -0.455 e. The summed E-state index contributed by atoms with van der Waals surface area (Å²) < 4.78 is 39.1. The van der Waals surface area contributed by atoms with Crippen LogP contribution in [0.4, 0.5) is 5.69 Å². The lowest BCUT2D eigenvalue weighted by molar-refractivity contribution is 0.0466. The summed E-state index contributed by atoms with van der Waals surface area (Å²) >= 11 is 0. The van der Waals surface area contributed by atoms with Gasteiger partial charge in [-0.25, -0.2) is 18.2 Å². The normalized spacial score (nSPS) is 11.1. The van der Waals surface area contributed by atoms with Crippen LogP contribution in [0.25, 0.3) is 11.5 Å². The van der Waals surface area contributed by atoms with E-state index in [9.17, 15) is 13.2 Å². The highest BCUT2D eigenvalue weighted by Crippen LogP contribution is 2.25. The number of anilines is 1. The first kappa shape index (κ1) is 24.0. The monoisotopic (exact) mass is 488 g/mol. The van der Waals surface area contributed by atoms with E-state index in [0.29, 0.717) is 23.0 Å². The number of para-hydroxylation sites is 1. The van der Waals surface area contributed by atoms with Crippen LogP contribution in [0.3, 0.4) is 0 Å². The highest BCUT2D eigenvalue weighted by molar-refractivity contribution is 7.92. The maximum Gasteiger partial charge on any atom is 0.338 e. The molecule has 0 saturated carbocycles. The van der Waals surface area contributed by atoms with Gasteiger partial charge < -0.3 is 9.15 Å².